The van der Waals surface area contributed by atoms with Crippen molar-refractivity contribution in [3.63, 3.8) is 0 Å². The van der Waals surface area contributed by atoms with Crippen LogP contribution in [0.15, 0.2) is 60.7 Å². The van der Waals surface area contributed by atoms with Crippen LogP contribution in [0.3, 0.4) is 0 Å². The van der Waals surface area contributed by atoms with Gasteiger partial charge in [-0.2, -0.15) is 0 Å². The Balaban J connectivity index is 1.26. The number of nitrogens with two attached hydrogens (primary N) is 1. The Hall–Kier alpha value is -2.13. The molecular formula is C31H40N2O. The van der Waals surface area contributed by atoms with Gasteiger partial charge in [-0.3, -0.25) is 4.79 Å². The van der Waals surface area contributed by atoms with Crippen molar-refractivity contribution in [1.82, 2.24) is 5.32 Å². The summed E-state index contributed by atoms with van der Waals surface area (Å²) in [6.07, 6.45) is 11.4. The lowest BCUT2D eigenvalue weighted by Gasteiger charge is -2.64. The molecule has 5 aliphatic rings. The summed E-state index contributed by atoms with van der Waals surface area (Å²) in [6.45, 7) is 0.788. The van der Waals surface area contributed by atoms with Crippen molar-refractivity contribution in [2.45, 2.75) is 75.7 Å². The van der Waals surface area contributed by atoms with E-state index in [0.29, 0.717) is 35.6 Å². The lowest BCUT2D eigenvalue weighted by atomic mass is 9.39. The second-order valence-electron chi connectivity index (χ2n) is 12.2. The Bertz CT molecular complexity index is 979. The molecule has 3 N–H and O–H groups in total. The van der Waals surface area contributed by atoms with E-state index in [1.165, 1.54) is 30.4 Å². The molecule has 2 aromatic rings. The van der Waals surface area contributed by atoms with Crippen molar-refractivity contribution in [1.29, 1.82) is 0 Å². The van der Waals surface area contributed by atoms with Crippen LogP contribution in [0.2, 0.25) is 0 Å². The Morgan fingerprint density at radius 1 is 0.853 bits per heavy atom. The smallest absolute Gasteiger partial charge is 0.226 e. The largest absolute Gasteiger partial charge is 0.353 e. The average Bonchev–Trinajstić information content (AvgIpc) is 2.87. The molecule has 5 aliphatic carbocycles. The Morgan fingerprint density at radius 3 is 2.09 bits per heavy atom. The summed E-state index contributed by atoms with van der Waals surface area (Å²) in [5, 5.41) is 3.57. The van der Waals surface area contributed by atoms with Crippen molar-refractivity contribution < 1.29 is 4.79 Å². The highest BCUT2D eigenvalue weighted by atomic mass is 16.2. The first kappa shape index (κ1) is 22.3. The van der Waals surface area contributed by atoms with Gasteiger partial charge in [0.2, 0.25) is 5.91 Å². The molecule has 7 rings (SSSR count). The molecule has 2 atom stereocenters. The maximum absolute atomic E-state index is 14.0. The molecule has 5 saturated carbocycles. The van der Waals surface area contributed by atoms with E-state index in [1.807, 2.05) is 0 Å². The van der Waals surface area contributed by atoms with Crippen LogP contribution in [-0.2, 0) is 16.6 Å². The van der Waals surface area contributed by atoms with Gasteiger partial charge in [0, 0.05) is 6.04 Å². The molecule has 0 heterocycles. The summed E-state index contributed by atoms with van der Waals surface area (Å²) >= 11 is 0. The zero-order valence-corrected chi connectivity index (χ0v) is 20.4. The lowest BCUT2D eigenvalue weighted by Crippen LogP contribution is -2.63. The van der Waals surface area contributed by atoms with Crippen molar-refractivity contribution in [3.8, 4) is 0 Å². The highest BCUT2D eigenvalue weighted by Crippen LogP contribution is 2.68. The first-order valence-corrected chi connectivity index (χ1v) is 13.7. The second-order valence-corrected chi connectivity index (χ2v) is 12.2. The number of carbonyl (C=O) groups excluding carboxylic acids is 1. The van der Waals surface area contributed by atoms with Gasteiger partial charge in [-0.25, -0.2) is 0 Å². The molecule has 0 spiro atoms. The van der Waals surface area contributed by atoms with Crippen molar-refractivity contribution in [3.05, 3.63) is 71.8 Å². The molecule has 0 aliphatic heterocycles. The zero-order chi connectivity index (χ0) is 23.2. The van der Waals surface area contributed by atoms with E-state index in [2.05, 4.69) is 66.0 Å². The Morgan fingerprint density at radius 2 is 1.47 bits per heavy atom. The van der Waals surface area contributed by atoms with Crippen LogP contribution in [0, 0.1) is 29.1 Å². The summed E-state index contributed by atoms with van der Waals surface area (Å²) in [4.78, 5) is 14.0. The molecule has 0 aromatic heterocycles. The minimum Gasteiger partial charge on any atom is -0.353 e. The van der Waals surface area contributed by atoms with Crippen LogP contribution in [0.4, 0.5) is 0 Å². The second kappa shape index (κ2) is 8.82. The van der Waals surface area contributed by atoms with Crippen LogP contribution in [0.5, 0.6) is 0 Å². The molecule has 34 heavy (non-hydrogen) atoms. The molecule has 0 radical (unpaired) electrons. The number of hydrogen-bond acceptors (Lipinski definition) is 2. The van der Waals surface area contributed by atoms with Gasteiger partial charge >= 0.3 is 0 Å². The number of rotatable bonds is 6. The van der Waals surface area contributed by atoms with Crippen LogP contribution in [0.1, 0.15) is 68.9 Å². The number of carbonyl (C=O) groups is 1. The SMILES string of the molecule is NC[C@H]1CC[C@H](NC(=O)C23CC4CC(c5ccccc5)(CC(C2)C4Cc2ccccc2)C3)CC1. The minimum absolute atomic E-state index is 0.175. The monoisotopic (exact) mass is 456 g/mol. The summed E-state index contributed by atoms with van der Waals surface area (Å²) in [7, 11) is 0. The maximum Gasteiger partial charge on any atom is 0.226 e. The van der Waals surface area contributed by atoms with Gasteiger partial charge in [0.1, 0.15) is 0 Å². The third kappa shape index (κ3) is 3.90. The third-order valence-corrected chi connectivity index (χ3v) is 10.2. The van der Waals surface area contributed by atoms with E-state index in [0.717, 1.165) is 51.5 Å². The van der Waals surface area contributed by atoms with Crippen molar-refractivity contribution in [2.75, 3.05) is 6.54 Å². The van der Waals surface area contributed by atoms with E-state index in [-0.39, 0.29) is 10.8 Å². The lowest BCUT2D eigenvalue weighted by molar-refractivity contribution is -0.158. The normalized spacial score (nSPS) is 38.6. The van der Waals surface area contributed by atoms with Crippen molar-refractivity contribution in [2.24, 2.45) is 34.8 Å². The fourth-order valence-electron chi connectivity index (χ4n) is 8.74. The predicted molar refractivity (Wildman–Crippen MR) is 137 cm³/mol. The van der Waals surface area contributed by atoms with Gasteiger partial charge in [0.15, 0.2) is 0 Å². The highest BCUT2D eigenvalue weighted by molar-refractivity contribution is 5.84. The molecule has 3 heteroatoms. The molecule has 0 saturated heterocycles. The maximum atomic E-state index is 14.0. The zero-order valence-electron chi connectivity index (χ0n) is 20.4. The highest BCUT2D eigenvalue weighted by Gasteiger charge is 2.63. The van der Waals surface area contributed by atoms with Gasteiger partial charge in [-0.15, -0.1) is 0 Å². The van der Waals surface area contributed by atoms with E-state index in [4.69, 9.17) is 5.73 Å². The molecule has 4 bridgehead atoms. The first-order chi connectivity index (χ1) is 16.6. The van der Waals surface area contributed by atoms with E-state index in [9.17, 15) is 4.79 Å². The molecule has 5 fully saturated rings. The fourth-order valence-corrected chi connectivity index (χ4v) is 8.74. The summed E-state index contributed by atoms with van der Waals surface area (Å²) in [5.41, 5.74) is 8.83. The number of amides is 1. The summed E-state index contributed by atoms with van der Waals surface area (Å²) < 4.78 is 0. The molecular weight excluding hydrogens is 416 g/mol. The van der Waals surface area contributed by atoms with Crippen LogP contribution >= 0.6 is 0 Å². The minimum atomic E-state index is -0.181. The van der Waals surface area contributed by atoms with Gasteiger partial charge in [-0.1, -0.05) is 60.7 Å². The van der Waals surface area contributed by atoms with Gasteiger partial charge in [-0.05, 0) is 111 Å². The number of benzene rings is 2. The average molecular weight is 457 g/mol. The summed E-state index contributed by atoms with van der Waals surface area (Å²) in [5.74, 6) is 3.01. The topological polar surface area (TPSA) is 55.1 Å². The number of hydrogen-bond donors (Lipinski definition) is 2. The van der Waals surface area contributed by atoms with Crippen LogP contribution in [-0.4, -0.2) is 18.5 Å². The quantitative estimate of drug-likeness (QED) is 0.592. The predicted octanol–water partition coefficient (Wildman–Crippen LogP) is 5.63. The van der Waals surface area contributed by atoms with E-state index < -0.39 is 0 Å². The number of nitrogens with one attached hydrogen (secondary N) is 1. The molecule has 1 amide bonds. The van der Waals surface area contributed by atoms with Crippen LogP contribution < -0.4 is 11.1 Å². The molecule has 2 unspecified atom stereocenters. The standard InChI is InChI=1S/C31H40N2O/c32-20-23-11-13-27(14-12-23)33-29(34)31-18-24-16-30(21-31,26-9-5-2-6-10-26)17-25(19-31)28(24)15-22-7-3-1-4-8-22/h1-10,23-25,27-28H,11-21,32H2,(H,33,34)/t23-,24?,25?,27-,28?,30?,31?. The van der Waals surface area contributed by atoms with Gasteiger partial charge in [0.05, 0.1) is 5.41 Å². The van der Waals surface area contributed by atoms with E-state index in [1.54, 1.807) is 0 Å². The van der Waals surface area contributed by atoms with Crippen LogP contribution in [0.25, 0.3) is 0 Å². The molecule has 3 nitrogen and oxygen atoms in total. The third-order valence-electron chi connectivity index (χ3n) is 10.2. The fraction of sp³-hybridized carbons (Fsp3) is 0.581. The van der Waals surface area contributed by atoms with E-state index >= 15 is 0 Å². The summed E-state index contributed by atoms with van der Waals surface area (Å²) in [6, 6.07) is 22.6. The molecule has 2 aromatic carbocycles. The Labute approximate surface area is 204 Å². The van der Waals surface area contributed by atoms with Gasteiger partial charge in [0.25, 0.3) is 0 Å². The first-order valence-electron chi connectivity index (χ1n) is 13.7. The van der Waals surface area contributed by atoms with Crippen molar-refractivity contribution >= 4 is 5.91 Å². The Kier molecular flexibility index (Phi) is 5.80. The van der Waals surface area contributed by atoms with Gasteiger partial charge < -0.3 is 11.1 Å². The molecule has 180 valence electrons.